The molecule has 94 valence electrons. The molecule has 1 fully saturated rings. The van der Waals surface area contributed by atoms with Crippen LogP contribution < -0.4 is 5.32 Å². The van der Waals surface area contributed by atoms with Gasteiger partial charge in [0.25, 0.3) is 0 Å². The van der Waals surface area contributed by atoms with E-state index in [1.807, 2.05) is 18.7 Å². The zero-order valence-electron chi connectivity index (χ0n) is 10.3. The quantitative estimate of drug-likeness (QED) is 0.748. The molecular formula is C10H18N6O. The fourth-order valence-corrected chi connectivity index (χ4v) is 1.89. The van der Waals surface area contributed by atoms with E-state index in [9.17, 15) is 4.79 Å². The van der Waals surface area contributed by atoms with Crippen LogP contribution in [0.25, 0.3) is 0 Å². The average molecular weight is 238 g/mol. The van der Waals surface area contributed by atoms with Crippen LogP contribution in [-0.4, -0.2) is 57.2 Å². The van der Waals surface area contributed by atoms with Crippen molar-refractivity contribution in [1.82, 2.24) is 30.4 Å². The molecule has 1 amide bonds. The number of aromatic nitrogens is 4. The van der Waals surface area contributed by atoms with Gasteiger partial charge in [-0.25, -0.2) is 4.68 Å². The minimum absolute atomic E-state index is 0.100. The van der Waals surface area contributed by atoms with Gasteiger partial charge in [-0.1, -0.05) is 0 Å². The molecule has 1 aromatic rings. The Bertz CT molecular complexity index is 382. The predicted molar refractivity (Wildman–Crippen MR) is 61.4 cm³/mol. The van der Waals surface area contributed by atoms with E-state index in [1.165, 1.54) is 0 Å². The fourth-order valence-electron chi connectivity index (χ4n) is 1.89. The normalized spacial score (nSPS) is 16.5. The number of piperazine rings is 1. The van der Waals surface area contributed by atoms with Crippen molar-refractivity contribution in [2.45, 2.75) is 26.3 Å². The van der Waals surface area contributed by atoms with Crippen LogP contribution in [0.3, 0.4) is 0 Å². The second-order valence-electron chi connectivity index (χ2n) is 4.44. The summed E-state index contributed by atoms with van der Waals surface area (Å²) in [6.45, 7) is 7.25. The van der Waals surface area contributed by atoms with E-state index in [1.54, 1.807) is 4.68 Å². The number of carbonyl (C=O) groups is 1. The second-order valence-corrected chi connectivity index (χ2v) is 4.44. The molecule has 0 atom stereocenters. The number of hydrogen-bond acceptors (Lipinski definition) is 5. The second kappa shape index (κ2) is 5.22. The van der Waals surface area contributed by atoms with Crippen LogP contribution in [-0.2, 0) is 11.2 Å². The molecule has 0 aliphatic carbocycles. The van der Waals surface area contributed by atoms with Gasteiger partial charge in [-0.3, -0.25) is 4.79 Å². The summed E-state index contributed by atoms with van der Waals surface area (Å²) in [6, 6.07) is 0.177. The summed E-state index contributed by atoms with van der Waals surface area (Å²) in [6.07, 6.45) is 0.283. The van der Waals surface area contributed by atoms with E-state index < -0.39 is 0 Å². The maximum absolute atomic E-state index is 12.0. The van der Waals surface area contributed by atoms with Crippen molar-refractivity contribution in [2.24, 2.45) is 0 Å². The molecule has 0 unspecified atom stereocenters. The van der Waals surface area contributed by atoms with E-state index in [4.69, 9.17) is 0 Å². The smallest absolute Gasteiger partial charge is 0.230 e. The lowest BCUT2D eigenvalue weighted by Crippen LogP contribution is -2.47. The highest BCUT2D eigenvalue weighted by atomic mass is 16.2. The SMILES string of the molecule is CC(C)n1nnnc1CC(=O)N1CCNCC1. The molecule has 0 spiro atoms. The molecule has 1 saturated heterocycles. The maximum Gasteiger partial charge on any atom is 0.230 e. The summed E-state index contributed by atoms with van der Waals surface area (Å²) in [5.74, 6) is 0.742. The largest absolute Gasteiger partial charge is 0.340 e. The molecule has 0 aromatic carbocycles. The monoisotopic (exact) mass is 238 g/mol. The van der Waals surface area contributed by atoms with E-state index in [-0.39, 0.29) is 18.4 Å². The third-order valence-electron chi connectivity index (χ3n) is 2.83. The summed E-state index contributed by atoms with van der Waals surface area (Å²) in [4.78, 5) is 13.9. The zero-order valence-corrected chi connectivity index (χ0v) is 10.3. The highest BCUT2D eigenvalue weighted by Crippen LogP contribution is 2.06. The van der Waals surface area contributed by atoms with Gasteiger partial charge < -0.3 is 10.2 Å². The third-order valence-corrected chi connectivity index (χ3v) is 2.83. The molecule has 0 saturated carbocycles. The van der Waals surface area contributed by atoms with Gasteiger partial charge in [0.15, 0.2) is 5.82 Å². The Labute approximate surface area is 100 Å². The first-order chi connectivity index (χ1) is 8.18. The van der Waals surface area contributed by atoms with Crippen molar-refractivity contribution in [3.63, 3.8) is 0 Å². The van der Waals surface area contributed by atoms with Crippen LogP contribution in [0, 0.1) is 0 Å². The van der Waals surface area contributed by atoms with Gasteiger partial charge in [0, 0.05) is 26.2 Å². The van der Waals surface area contributed by atoms with E-state index in [0.29, 0.717) is 5.82 Å². The van der Waals surface area contributed by atoms with Crippen LogP contribution in [0.1, 0.15) is 25.7 Å². The molecule has 1 aliphatic heterocycles. The Kier molecular flexibility index (Phi) is 3.68. The molecule has 2 heterocycles. The van der Waals surface area contributed by atoms with Crippen molar-refractivity contribution in [3.05, 3.63) is 5.82 Å². The number of tetrazole rings is 1. The number of rotatable bonds is 3. The first kappa shape index (κ1) is 12.0. The first-order valence-electron chi connectivity index (χ1n) is 5.93. The number of nitrogens with zero attached hydrogens (tertiary/aromatic N) is 5. The number of carbonyl (C=O) groups excluding carboxylic acids is 1. The van der Waals surface area contributed by atoms with Gasteiger partial charge in [-0.05, 0) is 24.3 Å². The summed E-state index contributed by atoms with van der Waals surface area (Å²) < 4.78 is 1.69. The standard InChI is InChI=1S/C10H18N6O/c1-8(2)16-9(12-13-14-16)7-10(17)15-5-3-11-4-6-15/h8,11H,3-7H2,1-2H3. The molecule has 1 N–H and O–H groups in total. The van der Waals surface area contributed by atoms with Gasteiger partial charge >= 0.3 is 0 Å². The van der Waals surface area contributed by atoms with Gasteiger partial charge in [-0.2, -0.15) is 0 Å². The van der Waals surface area contributed by atoms with E-state index in [0.717, 1.165) is 26.2 Å². The highest BCUT2D eigenvalue weighted by molar-refractivity contribution is 5.78. The van der Waals surface area contributed by atoms with Crippen LogP contribution in [0.5, 0.6) is 0 Å². The van der Waals surface area contributed by atoms with Crippen molar-refractivity contribution in [1.29, 1.82) is 0 Å². The summed E-state index contributed by atoms with van der Waals surface area (Å²) in [5, 5.41) is 14.6. The Hall–Kier alpha value is -1.50. The zero-order chi connectivity index (χ0) is 12.3. The molecule has 2 rings (SSSR count). The first-order valence-corrected chi connectivity index (χ1v) is 5.93. The van der Waals surface area contributed by atoms with Crippen LogP contribution >= 0.6 is 0 Å². The van der Waals surface area contributed by atoms with Crippen molar-refractivity contribution in [3.8, 4) is 0 Å². The third kappa shape index (κ3) is 2.79. The van der Waals surface area contributed by atoms with Crippen LogP contribution in [0.15, 0.2) is 0 Å². The molecule has 7 heteroatoms. The Balaban J connectivity index is 1.99. The topological polar surface area (TPSA) is 75.9 Å². The summed E-state index contributed by atoms with van der Waals surface area (Å²) >= 11 is 0. The van der Waals surface area contributed by atoms with Crippen molar-refractivity contribution in [2.75, 3.05) is 26.2 Å². The minimum atomic E-state index is 0.100. The van der Waals surface area contributed by atoms with E-state index >= 15 is 0 Å². The Morgan fingerprint density at radius 3 is 2.76 bits per heavy atom. The molecule has 17 heavy (non-hydrogen) atoms. The van der Waals surface area contributed by atoms with Gasteiger partial charge in [0.1, 0.15) is 0 Å². The van der Waals surface area contributed by atoms with Gasteiger partial charge in [0.05, 0.1) is 12.5 Å². The molecule has 0 bridgehead atoms. The number of amides is 1. The van der Waals surface area contributed by atoms with Crippen molar-refractivity contribution >= 4 is 5.91 Å². The van der Waals surface area contributed by atoms with Crippen LogP contribution in [0.4, 0.5) is 0 Å². The van der Waals surface area contributed by atoms with Crippen molar-refractivity contribution < 1.29 is 4.79 Å². The molecule has 7 nitrogen and oxygen atoms in total. The lowest BCUT2D eigenvalue weighted by atomic mass is 10.3. The summed E-state index contributed by atoms with van der Waals surface area (Å²) in [7, 11) is 0. The van der Waals surface area contributed by atoms with Gasteiger partial charge in [-0.15, -0.1) is 5.10 Å². The van der Waals surface area contributed by atoms with Gasteiger partial charge in [0.2, 0.25) is 5.91 Å². The number of hydrogen-bond donors (Lipinski definition) is 1. The highest BCUT2D eigenvalue weighted by Gasteiger charge is 2.20. The maximum atomic E-state index is 12.0. The van der Waals surface area contributed by atoms with Crippen LogP contribution in [0.2, 0.25) is 0 Å². The Morgan fingerprint density at radius 2 is 2.12 bits per heavy atom. The minimum Gasteiger partial charge on any atom is -0.340 e. The lowest BCUT2D eigenvalue weighted by Gasteiger charge is -2.27. The molecule has 1 aliphatic rings. The predicted octanol–water partition coefficient (Wildman–Crippen LogP) is -0.772. The fraction of sp³-hybridized carbons (Fsp3) is 0.800. The molecule has 1 aromatic heterocycles. The summed E-state index contributed by atoms with van der Waals surface area (Å²) in [5.41, 5.74) is 0. The van der Waals surface area contributed by atoms with E-state index in [2.05, 4.69) is 20.8 Å². The molecular weight excluding hydrogens is 220 g/mol. The number of nitrogens with one attached hydrogen (secondary N) is 1. The molecule has 0 radical (unpaired) electrons. The Morgan fingerprint density at radius 1 is 1.41 bits per heavy atom. The average Bonchev–Trinajstić information content (AvgIpc) is 2.78. The lowest BCUT2D eigenvalue weighted by molar-refractivity contribution is -0.131.